The molecule has 2 nitrogen and oxygen atoms in total. The van der Waals surface area contributed by atoms with Gasteiger partial charge in [-0.15, -0.1) is 0 Å². The fourth-order valence-electron chi connectivity index (χ4n) is 2.10. The second-order valence-corrected chi connectivity index (χ2v) is 5.40. The van der Waals surface area contributed by atoms with Gasteiger partial charge in [0.1, 0.15) is 0 Å². The first-order valence-corrected chi connectivity index (χ1v) is 6.81. The van der Waals surface area contributed by atoms with Crippen LogP contribution in [0.3, 0.4) is 0 Å². The van der Waals surface area contributed by atoms with Gasteiger partial charge in [0.15, 0.2) is 0 Å². The highest BCUT2D eigenvalue weighted by atomic mass is 79.9. The average molecular weight is 300 g/mol. The van der Waals surface area contributed by atoms with E-state index >= 15 is 0 Å². The molecule has 0 aliphatic rings. The van der Waals surface area contributed by atoms with E-state index in [1.807, 2.05) is 7.05 Å². The molecule has 1 N–H and O–H groups in total. The fourth-order valence-corrected chi connectivity index (χ4v) is 2.84. The Morgan fingerprint density at radius 2 is 2.12 bits per heavy atom. The molecule has 0 saturated carbocycles. The summed E-state index contributed by atoms with van der Waals surface area (Å²) >= 11 is 3.65. The number of hydrogen-bond donors (Lipinski definition) is 1. The van der Waals surface area contributed by atoms with Crippen molar-refractivity contribution in [1.29, 1.82) is 0 Å². The van der Waals surface area contributed by atoms with Crippen LogP contribution in [-0.2, 0) is 4.74 Å². The maximum absolute atomic E-state index is 5.15. The average Bonchev–Trinajstić information content (AvgIpc) is 2.30. The molecule has 0 aromatic heterocycles. The van der Waals surface area contributed by atoms with Crippen LogP contribution in [0.5, 0.6) is 0 Å². The second kappa shape index (κ2) is 7.14. The number of aryl methyl sites for hydroxylation is 1. The van der Waals surface area contributed by atoms with Gasteiger partial charge in [-0.1, -0.05) is 35.0 Å². The van der Waals surface area contributed by atoms with Crippen molar-refractivity contribution in [3.8, 4) is 0 Å². The third-order valence-corrected chi connectivity index (χ3v) is 3.84. The Morgan fingerprint density at radius 1 is 1.41 bits per heavy atom. The molecular weight excluding hydrogens is 278 g/mol. The minimum atomic E-state index is 0.361. The van der Waals surface area contributed by atoms with E-state index in [0.29, 0.717) is 12.0 Å². The van der Waals surface area contributed by atoms with Crippen molar-refractivity contribution < 1.29 is 4.74 Å². The Kier molecular flexibility index (Phi) is 6.17. The summed E-state index contributed by atoms with van der Waals surface area (Å²) < 4.78 is 6.33. The molecule has 3 heteroatoms. The molecule has 2 unspecified atom stereocenters. The summed E-state index contributed by atoms with van der Waals surface area (Å²) in [5, 5.41) is 3.40. The third-order valence-electron chi connectivity index (χ3n) is 3.15. The number of nitrogens with one attached hydrogen (secondary N) is 1. The van der Waals surface area contributed by atoms with Gasteiger partial charge < -0.3 is 10.1 Å². The van der Waals surface area contributed by atoms with E-state index < -0.39 is 0 Å². The van der Waals surface area contributed by atoms with Gasteiger partial charge in [-0.25, -0.2) is 0 Å². The summed E-state index contributed by atoms with van der Waals surface area (Å²) in [6, 6.07) is 6.89. The van der Waals surface area contributed by atoms with Crippen molar-refractivity contribution >= 4 is 15.9 Å². The lowest BCUT2D eigenvalue weighted by atomic mass is 9.92. The van der Waals surface area contributed by atoms with Gasteiger partial charge in [-0.2, -0.15) is 0 Å². The van der Waals surface area contributed by atoms with Crippen molar-refractivity contribution in [2.45, 2.75) is 26.3 Å². The van der Waals surface area contributed by atoms with Crippen molar-refractivity contribution in [3.05, 3.63) is 33.8 Å². The Hall–Kier alpha value is -0.380. The number of hydrogen-bond acceptors (Lipinski definition) is 2. The predicted octanol–water partition coefficient (Wildman–Crippen LogP) is 3.69. The standard InChI is InChI=1S/C14H22BrNO/c1-10-5-6-12(13(15)9-10)14(16-3)11(2)7-8-17-4/h5-6,9,11,14,16H,7-8H2,1-4H3. The molecule has 0 aliphatic heterocycles. The van der Waals surface area contributed by atoms with Gasteiger partial charge in [0.25, 0.3) is 0 Å². The summed E-state index contributed by atoms with van der Waals surface area (Å²) in [5.41, 5.74) is 2.60. The first-order valence-electron chi connectivity index (χ1n) is 6.02. The molecule has 0 spiro atoms. The monoisotopic (exact) mass is 299 g/mol. The Labute approximate surface area is 113 Å². The minimum Gasteiger partial charge on any atom is -0.385 e. The van der Waals surface area contributed by atoms with Crippen LogP contribution in [0.25, 0.3) is 0 Å². The largest absolute Gasteiger partial charge is 0.385 e. The van der Waals surface area contributed by atoms with Crippen LogP contribution in [0.1, 0.15) is 30.5 Å². The highest BCUT2D eigenvalue weighted by Gasteiger charge is 2.19. The highest BCUT2D eigenvalue weighted by Crippen LogP contribution is 2.30. The fraction of sp³-hybridized carbons (Fsp3) is 0.571. The third kappa shape index (κ3) is 4.09. The van der Waals surface area contributed by atoms with Crippen LogP contribution in [-0.4, -0.2) is 20.8 Å². The molecule has 2 atom stereocenters. The SMILES string of the molecule is CNC(c1ccc(C)cc1Br)C(C)CCOC. The van der Waals surface area contributed by atoms with E-state index in [4.69, 9.17) is 4.74 Å². The Balaban J connectivity index is 2.85. The first-order chi connectivity index (χ1) is 8.10. The summed E-state index contributed by atoms with van der Waals surface area (Å²) in [6.45, 7) is 5.17. The molecule has 1 aromatic rings. The molecule has 0 heterocycles. The van der Waals surface area contributed by atoms with Crippen LogP contribution >= 0.6 is 15.9 Å². The van der Waals surface area contributed by atoms with Crippen LogP contribution in [0.2, 0.25) is 0 Å². The molecule has 0 aliphatic carbocycles. The summed E-state index contributed by atoms with van der Waals surface area (Å²) in [4.78, 5) is 0. The van der Waals surface area contributed by atoms with Crippen LogP contribution in [0.4, 0.5) is 0 Å². The van der Waals surface area contributed by atoms with E-state index in [1.165, 1.54) is 15.6 Å². The minimum absolute atomic E-state index is 0.361. The molecule has 0 bridgehead atoms. The quantitative estimate of drug-likeness (QED) is 0.865. The van der Waals surface area contributed by atoms with Crippen LogP contribution in [0, 0.1) is 12.8 Å². The van der Waals surface area contributed by atoms with Gasteiger partial charge in [0.05, 0.1) is 0 Å². The van der Waals surface area contributed by atoms with Crippen molar-refractivity contribution in [1.82, 2.24) is 5.32 Å². The van der Waals surface area contributed by atoms with Gasteiger partial charge in [-0.05, 0) is 43.5 Å². The van der Waals surface area contributed by atoms with Gasteiger partial charge in [0.2, 0.25) is 0 Å². The normalized spacial score (nSPS) is 14.6. The smallest absolute Gasteiger partial charge is 0.0465 e. The van der Waals surface area contributed by atoms with Crippen molar-refractivity contribution in [2.24, 2.45) is 5.92 Å². The molecule has 0 saturated heterocycles. The molecule has 0 fully saturated rings. The van der Waals surface area contributed by atoms with E-state index in [1.54, 1.807) is 7.11 Å². The lowest BCUT2D eigenvalue weighted by molar-refractivity contribution is 0.171. The Morgan fingerprint density at radius 3 is 2.65 bits per heavy atom. The number of benzene rings is 1. The second-order valence-electron chi connectivity index (χ2n) is 4.55. The molecule has 96 valence electrons. The molecule has 1 rings (SSSR count). The van der Waals surface area contributed by atoms with E-state index in [9.17, 15) is 0 Å². The van der Waals surface area contributed by atoms with Crippen molar-refractivity contribution in [3.63, 3.8) is 0 Å². The van der Waals surface area contributed by atoms with E-state index in [-0.39, 0.29) is 0 Å². The summed E-state index contributed by atoms with van der Waals surface area (Å²) in [5.74, 6) is 0.541. The van der Waals surface area contributed by atoms with E-state index in [0.717, 1.165) is 13.0 Å². The lowest BCUT2D eigenvalue weighted by Crippen LogP contribution is -2.24. The molecule has 1 aromatic carbocycles. The van der Waals surface area contributed by atoms with E-state index in [2.05, 4.69) is 53.3 Å². The summed E-state index contributed by atoms with van der Waals surface area (Å²) in [7, 11) is 3.77. The molecule has 0 radical (unpaired) electrons. The number of halogens is 1. The molecular formula is C14H22BrNO. The lowest BCUT2D eigenvalue weighted by Gasteiger charge is -2.25. The number of rotatable bonds is 6. The summed E-state index contributed by atoms with van der Waals surface area (Å²) in [6.07, 6.45) is 1.06. The van der Waals surface area contributed by atoms with Gasteiger partial charge in [-0.3, -0.25) is 0 Å². The molecule has 0 amide bonds. The van der Waals surface area contributed by atoms with Gasteiger partial charge in [0, 0.05) is 24.2 Å². The maximum Gasteiger partial charge on any atom is 0.0465 e. The van der Waals surface area contributed by atoms with Crippen LogP contribution < -0.4 is 5.32 Å². The van der Waals surface area contributed by atoms with Crippen molar-refractivity contribution in [2.75, 3.05) is 20.8 Å². The van der Waals surface area contributed by atoms with Gasteiger partial charge >= 0.3 is 0 Å². The topological polar surface area (TPSA) is 21.3 Å². The highest BCUT2D eigenvalue weighted by molar-refractivity contribution is 9.10. The number of ether oxygens (including phenoxy) is 1. The molecule has 17 heavy (non-hydrogen) atoms. The zero-order valence-electron chi connectivity index (χ0n) is 11.1. The predicted molar refractivity (Wildman–Crippen MR) is 76.3 cm³/mol. The van der Waals surface area contributed by atoms with Crippen LogP contribution in [0.15, 0.2) is 22.7 Å². The first kappa shape index (κ1) is 14.7. The zero-order valence-corrected chi connectivity index (χ0v) is 12.7. The Bertz CT molecular complexity index is 354. The maximum atomic E-state index is 5.15. The zero-order chi connectivity index (χ0) is 12.8. The number of methoxy groups -OCH3 is 1.